The molecule has 13 heavy (non-hydrogen) atoms. The second-order valence-electron chi connectivity index (χ2n) is 3.15. The smallest absolute Gasteiger partial charge is 0.341 e. The van der Waals surface area contributed by atoms with Gasteiger partial charge in [0.25, 0.3) is 5.91 Å². The van der Waals surface area contributed by atoms with Crippen LogP contribution in [0, 0.1) is 0 Å². The van der Waals surface area contributed by atoms with Crippen molar-refractivity contribution in [2.75, 3.05) is 0 Å². The molecular formula is C5H10NO6P. The highest BCUT2D eigenvalue weighted by Crippen LogP contribution is 2.56. The van der Waals surface area contributed by atoms with Crippen molar-refractivity contribution in [1.29, 1.82) is 0 Å². The molecule has 2 atom stereocenters. The summed E-state index contributed by atoms with van der Waals surface area (Å²) in [6.07, 6.45) is -2.03. The predicted molar refractivity (Wildman–Crippen MR) is 39.7 cm³/mol. The maximum atomic E-state index is 11.1. The van der Waals surface area contributed by atoms with E-state index in [1.54, 1.807) is 0 Å². The zero-order valence-electron chi connectivity index (χ0n) is 6.78. The van der Waals surface area contributed by atoms with Crippen LogP contribution in [0.3, 0.4) is 0 Å². The largest absolute Gasteiger partial charge is 0.371 e. The minimum absolute atomic E-state index is 0.0565. The van der Waals surface area contributed by atoms with Gasteiger partial charge in [0.2, 0.25) is 0 Å². The number of aliphatic hydroxyl groups is 1. The number of hydrogen-bond donors (Lipinski definition) is 4. The Labute approximate surface area is 73.7 Å². The van der Waals surface area contributed by atoms with Crippen molar-refractivity contribution in [3.63, 3.8) is 0 Å². The van der Waals surface area contributed by atoms with Crippen LogP contribution in [0.5, 0.6) is 0 Å². The average Bonchev–Trinajstić information content (AvgIpc) is 2.15. The lowest BCUT2D eigenvalue weighted by atomic mass is 10.1. The molecule has 8 heteroatoms. The summed E-state index contributed by atoms with van der Waals surface area (Å²) in [5.41, 5.74) is 0. The molecule has 1 fully saturated rings. The minimum Gasteiger partial charge on any atom is -0.371 e. The zero-order chi connectivity index (χ0) is 10.4. The number of aliphatic hydroxyl groups excluding tert-OH is 1. The SMILES string of the molecule is C[C@@]1(P(=O)(O)O)CC(O)N(O)C1=O. The summed E-state index contributed by atoms with van der Waals surface area (Å²) in [4.78, 5) is 28.8. The Morgan fingerprint density at radius 2 is 2.08 bits per heavy atom. The highest BCUT2D eigenvalue weighted by atomic mass is 31.2. The first kappa shape index (κ1) is 10.6. The van der Waals surface area contributed by atoms with Crippen LogP contribution in [0.2, 0.25) is 0 Å². The summed E-state index contributed by atoms with van der Waals surface area (Å²) < 4.78 is 10.9. The maximum Gasteiger partial charge on any atom is 0.341 e. The van der Waals surface area contributed by atoms with Gasteiger partial charge < -0.3 is 14.9 Å². The van der Waals surface area contributed by atoms with Crippen LogP contribution < -0.4 is 0 Å². The van der Waals surface area contributed by atoms with E-state index < -0.39 is 31.3 Å². The summed E-state index contributed by atoms with van der Waals surface area (Å²) in [7, 11) is -4.67. The molecule has 1 saturated heterocycles. The molecule has 0 aromatic rings. The molecule has 1 unspecified atom stereocenters. The molecule has 0 spiro atoms. The molecule has 1 heterocycles. The Balaban J connectivity index is 3.09. The van der Waals surface area contributed by atoms with Crippen molar-refractivity contribution in [2.45, 2.75) is 24.7 Å². The Bertz CT molecular complexity index is 287. The van der Waals surface area contributed by atoms with E-state index in [0.717, 1.165) is 6.92 Å². The molecule has 7 nitrogen and oxygen atoms in total. The first-order chi connectivity index (χ1) is 5.70. The van der Waals surface area contributed by atoms with Crippen molar-refractivity contribution in [2.24, 2.45) is 0 Å². The van der Waals surface area contributed by atoms with E-state index in [0.29, 0.717) is 0 Å². The number of amides is 1. The van der Waals surface area contributed by atoms with Crippen LogP contribution in [0.1, 0.15) is 13.3 Å². The lowest BCUT2D eigenvalue weighted by molar-refractivity contribution is -0.190. The number of hydrogen-bond acceptors (Lipinski definition) is 4. The van der Waals surface area contributed by atoms with Crippen molar-refractivity contribution < 1.29 is 29.5 Å². The van der Waals surface area contributed by atoms with Gasteiger partial charge in [-0.1, -0.05) is 0 Å². The fourth-order valence-electron chi connectivity index (χ4n) is 1.15. The van der Waals surface area contributed by atoms with E-state index in [9.17, 15) is 9.36 Å². The zero-order valence-corrected chi connectivity index (χ0v) is 7.68. The monoisotopic (exact) mass is 211 g/mol. The highest BCUT2D eigenvalue weighted by molar-refractivity contribution is 7.54. The number of carbonyl (C=O) groups is 1. The molecule has 1 aliphatic heterocycles. The Morgan fingerprint density at radius 1 is 1.62 bits per heavy atom. The number of carbonyl (C=O) groups excluding carboxylic acids is 1. The van der Waals surface area contributed by atoms with Gasteiger partial charge in [-0.15, -0.1) is 0 Å². The third-order valence-electron chi connectivity index (χ3n) is 2.17. The summed E-state index contributed by atoms with van der Waals surface area (Å²) in [5.74, 6) is -1.16. The standard InChI is InChI=1S/C5H10NO6P/c1-5(13(10,11)12)2-3(7)6(9)4(5)8/h3,7,9H,2H2,1H3,(H2,10,11,12)/t3?,5-/m1/s1. The Hall–Kier alpha value is -0.460. The van der Waals surface area contributed by atoms with E-state index in [1.165, 1.54) is 0 Å². The number of rotatable bonds is 1. The maximum absolute atomic E-state index is 11.1. The third kappa shape index (κ3) is 1.38. The van der Waals surface area contributed by atoms with Crippen LogP contribution >= 0.6 is 7.60 Å². The van der Waals surface area contributed by atoms with E-state index in [1.807, 2.05) is 0 Å². The normalized spacial score (nSPS) is 35.6. The second kappa shape index (κ2) is 2.76. The van der Waals surface area contributed by atoms with Gasteiger partial charge in [0.15, 0.2) is 11.4 Å². The summed E-state index contributed by atoms with van der Waals surface area (Å²) in [5, 5.41) is 15.8. The molecule has 1 aliphatic rings. The Morgan fingerprint density at radius 3 is 2.23 bits per heavy atom. The molecule has 0 aromatic carbocycles. The van der Waals surface area contributed by atoms with Gasteiger partial charge in [-0.3, -0.25) is 14.6 Å². The molecule has 4 N–H and O–H groups in total. The lowest BCUT2D eigenvalue weighted by Crippen LogP contribution is -2.36. The number of hydroxylamine groups is 2. The lowest BCUT2D eigenvalue weighted by Gasteiger charge is -2.21. The van der Waals surface area contributed by atoms with Gasteiger partial charge in [-0.25, -0.2) is 0 Å². The van der Waals surface area contributed by atoms with E-state index >= 15 is 0 Å². The van der Waals surface area contributed by atoms with E-state index in [4.69, 9.17) is 20.1 Å². The first-order valence-electron chi connectivity index (χ1n) is 3.46. The van der Waals surface area contributed by atoms with Crippen molar-refractivity contribution in [3.05, 3.63) is 0 Å². The predicted octanol–water partition coefficient (Wildman–Crippen LogP) is -1.14. The third-order valence-corrected chi connectivity index (χ3v) is 3.83. The van der Waals surface area contributed by atoms with Crippen molar-refractivity contribution in [3.8, 4) is 0 Å². The van der Waals surface area contributed by atoms with Crippen LogP contribution in [0.25, 0.3) is 0 Å². The number of nitrogens with zero attached hydrogens (tertiary/aromatic N) is 1. The van der Waals surface area contributed by atoms with E-state index in [-0.39, 0.29) is 5.06 Å². The minimum atomic E-state index is -4.67. The second-order valence-corrected chi connectivity index (χ2v) is 5.23. The van der Waals surface area contributed by atoms with Crippen molar-refractivity contribution in [1.82, 2.24) is 5.06 Å². The first-order valence-corrected chi connectivity index (χ1v) is 5.07. The molecule has 1 rings (SSSR count). The van der Waals surface area contributed by atoms with Crippen LogP contribution in [-0.4, -0.2) is 42.5 Å². The summed E-state index contributed by atoms with van der Waals surface area (Å²) in [6, 6.07) is 0. The highest BCUT2D eigenvalue weighted by Gasteiger charge is 2.58. The van der Waals surface area contributed by atoms with Gasteiger partial charge >= 0.3 is 7.60 Å². The van der Waals surface area contributed by atoms with Gasteiger partial charge in [-0.05, 0) is 6.92 Å². The molecule has 0 aromatic heterocycles. The average molecular weight is 211 g/mol. The molecule has 76 valence electrons. The van der Waals surface area contributed by atoms with Gasteiger partial charge in [-0.2, -0.15) is 5.06 Å². The van der Waals surface area contributed by atoms with Crippen LogP contribution in [0.15, 0.2) is 0 Å². The fraction of sp³-hybridized carbons (Fsp3) is 0.800. The molecule has 0 radical (unpaired) electrons. The van der Waals surface area contributed by atoms with E-state index in [2.05, 4.69) is 0 Å². The van der Waals surface area contributed by atoms with Crippen LogP contribution in [0.4, 0.5) is 0 Å². The summed E-state index contributed by atoms with van der Waals surface area (Å²) >= 11 is 0. The van der Waals surface area contributed by atoms with Gasteiger partial charge in [0.05, 0.1) is 0 Å². The Kier molecular flexibility index (Phi) is 2.26. The summed E-state index contributed by atoms with van der Waals surface area (Å²) in [6.45, 7) is 1.01. The van der Waals surface area contributed by atoms with Crippen molar-refractivity contribution >= 4 is 13.5 Å². The molecule has 0 saturated carbocycles. The topological polar surface area (TPSA) is 118 Å². The van der Waals surface area contributed by atoms with Crippen LogP contribution in [-0.2, 0) is 9.36 Å². The van der Waals surface area contributed by atoms with Gasteiger partial charge in [0, 0.05) is 6.42 Å². The fourth-order valence-corrected chi connectivity index (χ4v) is 1.91. The molecular weight excluding hydrogens is 201 g/mol. The molecule has 1 amide bonds. The quantitative estimate of drug-likeness (QED) is 0.321. The van der Waals surface area contributed by atoms with Gasteiger partial charge in [0.1, 0.15) is 0 Å². The molecule has 0 bridgehead atoms. The molecule has 0 aliphatic carbocycles.